The number of carbonyl (C=O) groups excluding carboxylic acids is 2. The van der Waals surface area contributed by atoms with Gasteiger partial charge in [0.1, 0.15) is 11.9 Å². The van der Waals surface area contributed by atoms with E-state index in [4.69, 9.17) is 0 Å². The topological polar surface area (TPSA) is 66.1 Å². The van der Waals surface area contributed by atoms with Crippen LogP contribution in [0.25, 0.3) is 0 Å². The summed E-state index contributed by atoms with van der Waals surface area (Å²) < 4.78 is 1.84. The molecule has 4 rings (SSSR count). The summed E-state index contributed by atoms with van der Waals surface area (Å²) in [7, 11) is 0. The molecule has 0 saturated heterocycles. The lowest BCUT2D eigenvalue weighted by molar-refractivity contribution is 0.0895. The molecule has 0 bridgehead atoms. The van der Waals surface area contributed by atoms with Gasteiger partial charge in [-0.05, 0) is 49.2 Å². The van der Waals surface area contributed by atoms with Crippen LogP contribution in [0.15, 0.2) is 97.2 Å². The molecule has 0 N–H and O–H groups in total. The second-order valence-corrected chi connectivity index (χ2v) is 7.79. The fourth-order valence-electron chi connectivity index (χ4n) is 3.90. The summed E-state index contributed by atoms with van der Waals surface area (Å²) >= 11 is 0. The van der Waals surface area contributed by atoms with Crippen LogP contribution in [0.1, 0.15) is 50.4 Å². The van der Waals surface area contributed by atoms with Gasteiger partial charge in [-0.3, -0.25) is 9.59 Å². The quantitative estimate of drug-likeness (QED) is 0.376. The van der Waals surface area contributed by atoms with Crippen LogP contribution < -0.4 is 4.90 Å². The Kier molecular flexibility index (Phi) is 6.19. The number of carbonyl (C=O) groups is 2. The van der Waals surface area contributed by atoms with E-state index in [0.717, 1.165) is 10.5 Å². The van der Waals surface area contributed by atoms with Crippen LogP contribution in [0.5, 0.6) is 0 Å². The first-order valence-corrected chi connectivity index (χ1v) is 10.7. The highest BCUT2D eigenvalue weighted by molar-refractivity contribution is 6.25. The number of rotatable bonds is 5. The van der Waals surface area contributed by atoms with Crippen LogP contribution in [0.2, 0.25) is 0 Å². The van der Waals surface area contributed by atoms with E-state index in [1.165, 1.54) is 0 Å². The summed E-state index contributed by atoms with van der Waals surface area (Å²) in [5.41, 5.74) is 2.72. The van der Waals surface area contributed by atoms with Gasteiger partial charge in [0.05, 0.1) is 11.6 Å². The zero-order chi connectivity index (χ0) is 23.4. The van der Waals surface area contributed by atoms with E-state index in [0.29, 0.717) is 22.3 Å². The number of benzene rings is 3. The number of hydrogen-bond acceptors (Lipinski definition) is 3. The van der Waals surface area contributed by atoms with Crippen molar-refractivity contribution in [3.63, 3.8) is 0 Å². The highest BCUT2D eigenvalue weighted by atomic mass is 16.2. The van der Waals surface area contributed by atoms with Crippen molar-refractivity contribution >= 4 is 17.6 Å². The van der Waals surface area contributed by atoms with Crippen molar-refractivity contribution < 1.29 is 9.59 Å². The molecule has 0 aliphatic heterocycles. The molecule has 0 radical (unpaired) electrons. The molecule has 1 aromatic heterocycles. The smallest absolute Gasteiger partial charge is 0.266 e. The number of imide groups is 1. The Balaban J connectivity index is 1.94. The van der Waals surface area contributed by atoms with Gasteiger partial charge in [0.15, 0.2) is 0 Å². The second kappa shape index (κ2) is 9.37. The fourth-order valence-corrected chi connectivity index (χ4v) is 3.90. The molecule has 0 saturated carbocycles. The monoisotopic (exact) mass is 433 g/mol. The van der Waals surface area contributed by atoms with Crippen LogP contribution in [-0.4, -0.2) is 16.4 Å². The molecule has 1 unspecified atom stereocenters. The van der Waals surface area contributed by atoms with Gasteiger partial charge in [0, 0.05) is 17.3 Å². The maximum Gasteiger partial charge on any atom is 0.266 e. The molecule has 0 fully saturated rings. The van der Waals surface area contributed by atoms with Crippen LogP contribution in [-0.2, 0) is 0 Å². The molecular weight excluding hydrogens is 410 g/mol. The van der Waals surface area contributed by atoms with Gasteiger partial charge in [0.25, 0.3) is 11.8 Å². The first-order chi connectivity index (χ1) is 16.0. The van der Waals surface area contributed by atoms with Crippen molar-refractivity contribution in [2.45, 2.75) is 19.9 Å². The van der Waals surface area contributed by atoms with Crippen molar-refractivity contribution in [2.75, 3.05) is 4.90 Å². The predicted octanol–water partition coefficient (Wildman–Crippen LogP) is 5.76. The minimum absolute atomic E-state index is 0.211. The maximum atomic E-state index is 13.7. The van der Waals surface area contributed by atoms with Crippen LogP contribution in [0.4, 0.5) is 5.82 Å². The lowest BCUT2D eigenvalue weighted by Crippen LogP contribution is -2.39. The van der Waals surface area contributed by atoms with E-state index in [9.17, 15) is 14.9 Å². The Hall–Kier alpha value is -4.43. The molecule has 1 heterocycles. The van der Waals surface area contributed by atoms with E-state index in [1.54, 1.807) is 48.5 Å². The number of hydrogen-bond donors (Lipinski definition) is 0. The molecule has 0 spiro atoms. The lowest BCUT2D eigenvalue weighted by Gasteiger charge is -2.26. The van der Waals surface area contributed by atoms with Crippen molar-refractivity contribution in [2.24, 2.45) is 0 Å². The third-order valence-corrected chi connectivity index (χ3v) is 5.67. The van der Waals surface area contributed by atoms with Gasteiger partial charge in [-0.15, -0.1) is 0 Å². The number of nitrogens with zero attached hydrogens (tertiary/aromatic N) is 3. The predicted molar refractivity (Wildman–Crippen MR) is 128 cm³/mol. The molecule has 2 amide bonds. The molecule has 1 atom stereocenters. The van der Waals surface area contributed by atoms with Gasteiger partial charge in [-0.25, -0.2) is 4.90 Å². The van der Waals surface area contributed by atoms with Gasteiger partial charge in [-0.2, -0.15) is 5.26 Å². The number of nitriles is 1. The number of anilines is 1. The first kappa shape index (κ1) is 21.8. The maximum absolute atomic E-state index is 13.7. The average Bonchev–Trinajstić information content (AvgIpc) is 3.20. The summed E-state index contributed by atoms with van der Waals surface area (Å²) in [5, 5.41) is 10.0. The van der Waals surface area contributed by atoms with Crippen molar-refractivity contribution in [1.29, 1.82) is 5.26 Å². The van der Waals surface area contributed by atoms with E-state index >= 15 is 0 Å². The lowest BCUT2D eigenvalue weighted by atomic mass is 10.1. The van der Waals surface area contributed by atoms with Gasteiger partial charge in [-0.1, -0.05) is 66.7 Å². The van der Waals surface area contributed by atoms with Crippen molar-refractivity contribution in [1.82, 2.24) is 4.57 Å². The third kappa shape index (κ3) is 4.19. The molecule has 4 aromatic rings. The Bertz CT molecular complexity index is 1270. The molecule has 0 aliphatic carbocycles. The van der Waals surface area contributed by atoms with Crippen molar-refractivity contribution in [3.05, 3.63) is 125 Å². The first-order valence-electron chi connectivity index (χ1n) is 10.7. The Morgan fingerprint density at radius 1 is 0.818 bits per heavy atom. The summed E-state index contributed by atoms with van der Waals surface area (Å²) in [4.78, 5) is 28.6. The zero-order valence-corrected chi connectivity index (χ0v) is 18.5. The second-order valence-electron chi connectivity index (χ2n) is 7.79. The van der Waals surface area contributed by atoms with Crippen LogP contribution in [0.3, 0.4) is 0 Å². The molecule has 3 aromatic carbocycles. The fraction of sp³-hybridized carbons (Fsp3) is 0.107. The molecule has 5 nitrogen and oxygen atoms in total. The van der Waals surface area contributed by atoms with E-state index in [2.05, 4.69) is 6.07 Å². The Morgan fingerprint density at radius 3 is 1.73 bits per heavy atom. The van der Waals surface area contributed by atoms with E-state index in [-0.39, 0.29) is 11.9 Å². The third-order valence-electron chi connectivity index (χ3n) is 5.67. The minimum atomic E-state index is -0.486. The normalized spacial score (nSPS) is 11.4. The minimum Gasteiger partial charge on any atom is -0.325 e. The summed E-state index contributed by atoms with van der Waals surface area (Å²) in [5.74, 6) is -0.699. The average molecular weight is 434 g/mol. The standard InChI is InChI=1S/C28H23N3O2/c1-20-19-30(21(2)22-12-6-3-7-13-22)26(25(20)18-29)31(27(32)23-14-8-4-9-15-23)28(33)24-16-10-5-11-17-24/h3-17,19,21H,1-2H3. The highest BCUT2D eigenvalue weighted by Gasteiger charge is 2.33. The molecule has 162 valence electrons. The molecule has 33 heavy (non-hydrogen) atoms. The molecule has 5 heteroatoms. The van der Waals surface area contributed by atoms with Gasteiger partial charge in [0.2, 0.25) is 0 Å². The number of aromatic nitrogens is 1. The SMILES string of the molecule is Cc1cn(C(C)c2ccccc2)c(N(C(=O)c2ccccc2)C(=O)c2ccccc2)c1C#N. The largest absolute Gasteiger partial charge is 0.325 e. The molecular formula is C28H23N3O2. The van der Waals surface area contributed by atoms with E-state index < -0.39 is 11.8 Å². The van der Waals surface area contributed by atoms with E-state index in [1.807, 2.05) is 67.1 Å². The van der Waals surface area contributed by atoms with Gasteiger partial charge < -0.3 is 4.57 Å². The molecule has 0 aliphatic rings. The summed E-state index contributed by atoms with van der Waals surface area (Å²) in [6, 6.07) is 29.1. The van der Waals surface area contributed by atoms with Crippen molar-refractivity contribution in [3.8, 4) is 6.07 Å². The Morgan fingerprint density at radius 2 is 1.27 bits per heavy atom. The van der Waals surface area contributed by atoms with Gasteiger partial charge >= 0.3 is 0 Å². The zero-order valence-electron chi connectivity index (χ0n) is 18.5. The van der Waals surface area contributed by atoms with Crippen LogP contribution >= 0.6 is 0 Å². The van der Waals surface area contributed by atoms with Crippen LogP contribution in [0, 0.1) is 18.3 Å². The highest BCUT2D eigenvalue weighted by Crippen LogP contribution is 2.33. The Labute approximate surface area is 193 Å². The summed E-state index contributed by atoms with van der Waals surface area (Å²) in [6.45, 7) is 3.80. The number of amides is 2. The summed E-state index contributed by atoms with van der Waals surface area (Å²) in [6.07, 6.45) is 1.83. The number of aryl methyl sites for hydroxylation is 1.